The van der Waals surface area contributed by atoms with Crippen LogP contribution in [-0.2, 0) is 5.41 Å². The molecule has 240 valence electrons. The lowest BCUT2D eigenvalue weighted by Gasteiger charge is -2.22. The topological polar surface area (TPSA) is 43.0 Å². The van der Waals surface area contributed by atoms with E-state index in [9.17, 15) is 0 Å². The number of fused-ring (bicyclic) bond motifs is 4. The second-order valence-electron chi connectivity index (χ2n) is 13.6. The summed E-state index contributed by atoms with van der Waals surface area (Å²) in [7, 11) is 0. The third-order valence-corrected chi connectivity index (χ3v) is 10.2. The van der Waals surface area contributed by atoms with Crippen molar-refractivity contribution in [3.05, 3.63) is 180 Å². The Kier molecular flexibility index (Phi) is 7.15. The summed E-state index contributed by atoms with van der Waals surface area (Å²) in [6.07, 6.45) is 0. The molecule has 7 aromatic carbocycles. The Balaban J connectivity index is 1.03. The number of rotatable bonds is 5. The van der Waals surface area contributed by atoms with Gasteiger partial charge in [-0.1, -0.05) is 159 Å². The molecule has 0 N–H and O–H groups in total. The minimum Gasteiger partial charge on any atom is -0.238 e. The SMILES string of the molecule is [C-]#[N+]c1ccc2c(c1)-c1ccc(-c3ccc(-c4ccc(-c5nc(-c6ccccc6)nc(-c6cccc7ccccc67)n5)cc4)cc3)cc1C2(C)C. The van der Waals surface area contributed by atoms with Crippen LogP contribution in [0.1, 0.15) is 25.0 Å². The minimum atomic E-state index is -0.126. The summed E-state index contributed by atoms with van der Waals surface area (Å²) in [5, 5.41) is 2.26. The molecule has 51 heavy (non-hydrogen) atoms. The molecule has 0 spiro atoms. The van der Waals surface area contributed by atoms with E-state index in [1.807, 2.05) is 42.5 Å². The summed E-state index contributed by atoms with van der Waals surface area (Å²) in [5.74, 6) is 1.94. The fraction of sp³-hybridized carbons (Fsp3) is 0.0638. The fourth-order valence-electron chi connectivity index (χ4n) is 7.42. The van der Waals surface area contributed by atoms with Crippen LogP contribution in [0.2, 0.25) is 0 Å². The second-order valence-corrected chi connectivity index (χ2v) is 13.6. The Morgan fingerprint density at radius 2 is 1.00 bits per heavy atom. The Morgan fingerprint density at radius 1 is 0.431 bits per heavy atom. The van der Waals surface area contributed by atoms with Crippen molar-refractivity contribution in [2.75, 3.05) is 0 Å². The van der Waals surface area contributed by atoms with Gasteiger partial charge in [-0.3, -0.25) is 0 Å². The van der Waals surface area contributed by atoms with Gasteiger partial charge in [0.15, 0.2) is 23.2 Å². The zero-order valence-corrected chi connectivity index (χ0v) is 28.3. The number of benzene rings is 7. The molecule has 0 amide bonds. The summed E-state index contributed by atoms with van der Waals surface area (Å²) in [6.45, 7) is 12.0. The van der Waals surface area contributed by atoms with Gasteiger partial charge in [-0.2, -0.15) is 0 Å². The van der Waals surface area contributed by atoms with Gasteiger partial charge in [-0.25, -0.2) is 19.8 Å². The van der Waals surface area contributed by atoms with Crippen LogP contribution in [0.15, 0.2) is 158 Å². The Labute approximate surface area is 297 Å². The largest absolute Gasteiger partial charge is 0.238 e. The van der Waals surface area contributed by atoms with Crippen LogP contribution >= 0.6 is 0 Å². The highest BCUT2D eigenvalue weighted by Gasteiger charge is 2.35. The van der Waals surface area contributed by atoms with E-state index >= 15 is 0 Å². The first kappa shape index (κ1) is 30.4. The Morgan fingerprint density at radius 3 is 1.71 bits per heavy atom. The predicted molar refractivity (Wildman–Crippen MR) is 208 cm³/mol. The molecule has 1 aliphatic carbocycles. The van der Waals surface area contributed by atoms with Crippen LogP contribution in [0.5, 0.6) is 0 Å². The highest BCUT2D eigenvalue weighted by Crippen LogP contribution is 2.50. The number of nitrogens with zero attached hydrogens (tertiary/aromatic N) is 4. The molecule has 1 heterocycles. The zero-order valence-electron chi connectivity index (χ0n) is 28.3. The van der Waals surface area contributed by atoms with E-state index in [2.05, 4.69) is 134 Å². The minimum absolute atomic E-state index is 0.126. The molecule has 9 rings (SSSR count). The van der Waals surface area contributed by atoms with Gasteiger partial charge in [0.1, 0.15) is 0 Å². The van der Waals surface area contributed by atoms with E-state index in [0.29, 0.717) is 23.2 Å². The van der Waals surface area contributed by atoms with Gasteiger partial charge < -0.3 is 0 Å². The van der Waals surface area contributed by atoms with Crippen molar-refractivity contribution < 1.29 is 0 Å². The summed E-state index contributed by atoms with van der Waals surface area (Å²) < 4.78 is 0. The van der Waals surface area contributed by atoms with Crippen molar-refractivity contribution in [1.29, 1.82) is 0 Å². The molecular formula is C47H32N4. The standard InChI is InChI=1S/C47H32N4/c1-47(2)42-27-25-37(48-3)29-41(42)39-26-24-36(28-43(39)47)32-18-16-30(17-19-32)31-20-22-35(23-21-31)45-49-44(34-11-5-4-6-12-34)50-46(51-45)40-15-9-13-33-10-7-8-14-38(33)40/h4-29H,1-2H3. The van der Waals surface area contributed by atoms with Crippen LogP contribution in [0.4, 0.5) is 5.69 Å². The molecule has 1 aliphatic rings. The molecule has 8 aromatic rings. The average Bonchev–Trinajstić information content (AvgIpc) is 3.42. The first-order valence-corrected chi connectivity index (χ1v) is 17.1. The monoisotopic (exact) mass is 652 g/mol. The van der Waals surface area contributed by atoms with Crippen LogP contribution < -0.4 is 0 Å². The van der Waals surface area contributed by atoms with E-state index in [0.717, 1.165) is 38.6 Å². The average molecular weight is 653 g/mol. The van der Waals surface area contributed by atoms with Crippen LogP contribution in [0, 0.1) is 6.57 Å². The fourth-order valence-corrected chi connectivity index (χ4v) is 7.42. The lowest BCUT2D eigenvalue weighted by Crippen LogP contribution is -2.14. The summed E-state index contributed by atoms with van der Waals surface area (Å²) in [4.78, 5) is 18.6. The molecule has 1 aromatic heterocycles. The summed E-state index contributed by atoms with van der Waals surface area (Å²) in [6, 6.07) is 54.7. The van der Waals surface area contributed by atoms with Gasteiger partial charge >= 0.3 is 0 Å². The number of hydrogen-bond donors (Lipinski definition) is 0. The second kappa shape index (κ2) is 12.0. The highest BCUT2D eigenvalue weighted by atomic mass is 15.0. The van der Waals surface area contributed by atoms with Gasteiger partial charge in [-0.15, -0.1) is 0 Å². The molecule has 0 radical (unpaired) electrons. The predicted octanol–water partition coefficient (Wildman–Crippen LogP) is 12.2. The molecule has 0 bridgehead atoms. The third kappa shape index (κ3) is 5.28. The molecule has 0 atom stereocenters. The van der Waals surface area contributed by atoms with E-state index < -0.39 is 0 Å². The van der Waals surface area contributed by atoms with Gasteiger partial charge in [-0.05, 0) is 67.4 Å². The molecule has 4 heteroatoms. The van der Waals surface area contributed by atoms with Crippen LogP contribution in [0.3, 0.4) is 0 Å². The van der Waals surface area contributed by atoms with Crippen LogP contribution in [0.25, 0.3) is 83.2 Å². The zero-order chi connectivity index (χ0) is 34.5. The molecule has 0 fully saturated rings. The van der Waals surface area contributed by atoms with Crippen molar-refractivity contribution in [1.82, 2.24) is 15.0 Å². The number of aromatic nitrogens is 3. The van der Waals surface area contributed by atoms with E-state index in [-0.39, 0.29) is 5.41 Å². The van der Waals surface area contributed by atoms with Crippen molar-refractivity contribution in [2.24, 2.45) is 0 Å². The van der Waals surface area contributed by atoms with Gasteiger partial charge in [0.2, 0.25) is 0 Å². The molecule has 0 aliphatic heterocycles. The van der Waals surface area contributed by atoms with Gasteiger partial charge in [0.25, 0.3) is 0 Å². The molecule has 4 nitrogen and oxygen atoms in total. The van der Waals surface area contributed by atoms with Crippen molar-refractivity contribution >= 4 is 16.5 Å². The van der Waals surface area contributed by atoms with Crippen molar-refractivity contribution in [2.45, 2.75) is 19.3 Å². The van der Waals surface area contributed by atoms with Gasteiger partial charge in [0, 0.05) is 22.1 Å². The van der Waals surface area contributed by atoms with E-state index in [4.69, 9.17) is 21.5 Å². The maximum atomic E-state index is 7.48. The van der Waals surface area contributed by atoms with E-state index in [1.165, 1.54) is 33.4 Å². The van der Waals surface area contributed by atoms with Gasteiger partial charge in [0.05, 0.1) is 6.57 Å². The molecule has 0 unspecified atom stereocenters. The van der Waals surface area contributed by atoms with Crippen LogP contribution in [-0.4, -0.2) is 15.0 Å². The molecular weight excluding hydrogens is 621 g/mol. The third-order valence-electron chi connectivity index (χ3n) is 10.2. The van der Waals surface area contributed by atoms with E-state index in [1.54, 1.807) is 0 Å². The lowest BCUT2D eigenvalue weighted by atomic mass is 9.81. The first-order valence-electron chi connectivity index (χ1n) is 17.1. The Bertz CT molecular complexity index is 2640. The lowest BCUT2D eigenvalue weighted by molar-refractivity contribution is 0.660. The smallest absolute Gasteiger partial charge is 0.187 e. The van der Waals surface area contributed by atoms with Crippen molar-refractivity contribution in [3.63, 3.8) is 0 Å². The maximum absolute atomic E-state index is 7.48. The maximum Gasteiger partial charge on any atom is 0.187 e. The summed E-state index contributed by atoms with van der Waals surface area (Å²) in [5.41, 5.74) is 13.0. The quantitative estimate of drug-likeness (QED) is 0.174. The Hall–Kier alpha value is -6.70. The molecule has 0 saturated heterocycles. The first-order chi connectivity index (χ1) is 25.0. The molecule has 0 saturated carbocycles. The number of hydrogen-bond acceptors (Lipinski definition) is 3. The van der Waals surface area contributed by atoms with Crippen molar-refractivity contribution in [3.8, 4) is 67.5 Å². The highest BCUT2D eigenvalue weighted by molar-refractivity contribution is 5.95. The normalized spacial score (nSPS) is 12.6. The summed E-state index contributed by atoms with van der Waals surface area (Å²) >= 11 is 0.